The van der Waals surface area contributed by atoms with E-state index < -0.39 is 12.0 Å². The molecule has 3 nitrogen and oxygen atoms in total. The van der Waals surface area contributed by atoms with E-state index in [4.69, 9.17) is 5.11 Å². The second kappa shape index (κ2) is 4.81. The van der Waals surface area contributed by atoms with Crippen molar-refractivity contribution in [3.8, 4) is 0 Å². The zero-order valence-corrected chi connectivity index (χ0v) is 9.28. The summed E-state index contributed by atoms with van der Waals surface area (Å²) in [6, 6.07) is 12.3. The third-order valence-electron chi connectivity index (χ3n) is 2.16. The normalized spacial score (nSPS) is 12.0. The average molecular weight is 233 g/mol. The number of thiophene rings is 1. The maximum absolute atomic E-state index is 11.1. The fourth-order valence-electron chi connectivity index (χ4n) is 1.41. The van der Waals surface area contributed by atoms with Crippen LogP contribution in [0.15, 0.2) is 47.8 Å². The summed E-state index contributed by atoms with van der Waals surface area (Å²) in [6.07, 6.45) is 0. The molecule has 2 aromatic rings. The molecule has 0 saturated heterocycles. The predicted octanol–water partition coefficient (Wildman–Crippen LogP) is 2.99. The zero-order chi connectivity index (χ0) is 11.4. The number of carboxylic acids is 1. The van der Waals surface area contributed by atoms with Crippen LogP contribution in [-0.4, -0.2) is 11.1 Å². The molecule has 2 rings (SSSR count). The van der Waals surface area contributed by atoms with Gasteiger partial charge in [-0.25, -0.2) is 4.79 Å². The van der Waals surface area contributed by atoms with Crippen LogP contribution >= 0.6 is 11.3 Å². The molecule has 0 radical (unpaired) electrons. The fraction of sp³-hybridized carbons (Fsp3) is 0.0833. The molecule has 1 heterocycles. The highest BCUT2D eigenvalue weighted by Gasteiger charge is 2.20. The maximum Gasteiger partial charge on any atom is 0.331 e. The Labute approximate surface area is 97.4 Å². The van der Waals surface area contributed by atoms with Crippen molar-refractivity contribution in [1.82, 2.24) is 0 Å². The maximum atomic E-state index is 11.1. The minimum Gasteiger partial charge on any atom is -0.479 e. The Morgan fingerprint density at radius 1 is 1.19 bits per heavy atom. The fourth-order valence-corrected chi connectivity index (χ4v) is 2.18. The van der Waals surface area contributed by atoms with Crippen molar-refractivity contribution >= 4 is 23.0 Å². The standard InChI is InChI=1S/C12H11NO2S/c14-12(15)11(10-7-4-8-16-10)13-9-5-2-1-3-6-9/h1-8,11,13H,(H,14,15). The second-order valence-electron chi connectivity index (χ2n) is 3.30. The van der Waals surface area contributed by atoms with Crippen molar-refractivity contribution < 1.29 is 9.90 Å². The lowest BCUT2D eigenvalue weighted by Crippen LogP contribution is -2.19. The number of carbonyl (C=O) groups is 1. The first-order valence-corrected chi connectivity index (χ1v) is 5.73. The molecule has 1 atom stereocenters. The quantitative estimate of drug-likeness (QED) is 0.853. The molecule has 1 unspecified atom stereocenters. The third-order valence-corrected chi connectivity index (χ3v) is 3.10. The average Bonchev–Trinajstić information content (AvgIpc) is 2.80. The minimum atomic E-state index is -0.869. The van der Waals surface area contributed by atoms with E-state index in [2.05, 4.69) is 5.32 Å². The topological polar surface area (TPSA) is 49.3 Å². The number of rotatable bonds is 4. The summed E-state index contributed by atoms with van der Waals surface area (Å²) >= 11 is 1.44. The predicted molar refractivity (Wildman–Crippen MR) is 64.8 cm³/mol. The highest BCUT2D eigenvalue weighted by Crippen LogP contribution is 2.23. The number of benzene rings is 1. The molecular formula is C12H11NO2S. The number of aliphatic carboxylic acids is 1. The van der Waals surface area contributed by atoms with Crippen LogP contribution in [0.4, 0.5) is 5.69 Å². The first-order valence-electron chi connectivity index (χ1n) is 4.85. The van der Waals surface area contributed by atoms with Crippen molar-refractivity contribution in [3.63, 3.8) is 0 Å². The van der Waals surface area contributed by atoms with Crippen LogP contribution in [0.3, 0.4) is 0 Å². The van der Waals surface area contributed by atoms with Crippen LogP contribution in [0.1, 0.15) is 10.9 Å². The Morgan fingerprint density at radius 2 is 1.94 bits per heavy atom. The van der Waals surface area contributed by atoms with Gasteiger partial charge in [-0.05, 0) is 23.6 Å². The Bertz CT molecular complexity index is 453. The monoisotopic (exact) mass is 233 g/mol. The molecule has 0 amide bonds. The van der Waals surface area contributed by atoms with Crippen molar-refractivity contribution in [3.05, 3.63) is 52.7 Å². The van der Waals surface area contributed by atoms with Gasteiger partial charge < -0.3 is 10.4 Å². The van der Waals surface area contributed by atoms with E-state index in [-0.39, 0.29) is 0 Å². The second-order valence-corrected chi connectivity index (χ2v) is 4.28. The van der Waals surface area contributed by atoms with Crippen LogP contribution in [0.2, 0.25) is 0 Å². The summed E-state index contributed by atoms with van der Waals surface area (Å²) in [5.41, 5.74) is 0.809. The first-order chi connectivity index (χ1) is 7.77. The van der Waals surface area contributed by atoms with E-state index in [0.29, 0.717) is 0 Å². The molecule has 16 heavy (non-hydrogen) atoms. The number of anilines is 1. The molecule has 1 aromatic carbocycles. The molecule has 0 saturated carbocycles. The highest BCUT2D eigenvalue weighted by atomic mass is 32.1. The summed E-state index contributed by atoms with van der Waals surface area (Å²) in [7, 11) is 0. The number of hydrogen-bond donors (Lipinski definition) is 2. The highest BCUT2D eigenvalue weighted by molar-refractivity contribution is 7.10. The van der Waals surface area contributed by atoms with Gasteiger partial charge in [0.2, 0.25) is 0 Å². The Kier molecular flexibility index (Phi) is 3.22. The molecular weight excluding hydrogens is 222 g/mol. The molecule has 82 valence electrons. The molecule has 0 fully saturated rings. The smallest absolute Gasteiger partial charge is 0.331 e. The first kappa shape index (κ1) is 10.7. The van der Waals surface area contributed by atoms with Crippen LogP contribution in [0.25, 0.3) is 0 Å². The largest absolute Gasteiger partial charge is 0.479 e. The van der Waals surface area contributed by atoms with Crippen molar-refractivity contribution in [2.24, 2.45) is 0 Å². The molecule has 2 N–H and O–H groups in total. The lowest BCUT2D eigenvalue weighted by atomic mass is 10.2. The van der Waals surface area contributed by atoms with E-state index in [0.717, 1.165) is 10.6 Å². The SMILES string of the molecule is O=C(O)C(Nc1ccccc1)c1cccs1. The van der Waals surface area contributed by atoms with Gasteiger partial charge in [-0.3, -0.25) is 0 Å². The van der Waals surface area contributed by atoms with E-state index in [9.17, 15) is 4.79 Å². The van der Waals surface area contributed by atoms with Gasteiger partial charge in [0.05, 0.1) is 0 Å². The van der Waals surface area contributed by atoms with Gasteiger partial charge in [-0.2, -0.15) is 0 Å². The summed E-state index contributed by atoms with van der Waals surface area (Å²) in [5, 5.41) is 14.0. The Balaban J connectivity index is 2.19. The van der Waals surface area contributed by atoms with Gasteiger partial charge in [-0.1, -0.05) is 24.3 Å². The molecule has 1 aromatic heterocycles. The minimum absolute atomic E-state index is 0.678. The molecule has 0 spiro atoms. The summed E-state index contributed by atoms with van der Waals surface area (Å²) in [6.45, 7) is 0. The van der Waals surface area contributed by atoms with Crippen molar-refractivity contribution in [2.75, 3.05) is 5.32 Å². The van der Waals surface area contributed by atoms with Gasteiger partial charge >= 0.3 is 5.97 Å². The molecule has 0 aliphatic carbocycles. The number of carboxylic acid groups (broad SMARTS) is 1. The lowest BCUT2D eigenvalue weighted by Gasteiger charge is -2.13. The van der Waals surface area contributed by atoms with Gasteiger partial charge in [-0.15, -0.1) is 11.3 Å². The molecule has 4 heteroatoms. The van der Waals surface area contributed by atoms with Gasteiger partial charge in [0.15, 0.2) is 6.04 Å². The Hall–Kier alpha value is -1.81. The van der Waals surface area contributed by atoms with Crippen molar-refractivity contribution in [1.29, 1.82) is 0 Å². The summed E-state index contributed by atoms with van der Waals surface area (Å²) in [5.74, 6) is -0.869. The number of para-hydroxylation sites is 1. The van der Waals surface area contributed by atoms with Crippen LogP contribution in [-0.2, 0) is 4.79 Å². The van der Waals surface area contributed by atoms with E-state index in [1.807, 2.05) is 47.8 Å². The Morgan fingerprint density at radius 3 is 2.50 bits per heavy atom. The summed E-state index contributed by atoms with van der Waals surface area (Å²) < 4.78 is 0. The van der Waals surface area contributed by atoms with Crippen LogP contribution < -0.4 is 5.32 Å². The van der Waals surface area contributed by atoms with Crippen molar-refractivity contribution in [2.45, 2.75) is 6.04 Å². The number of nitrogens with one attached hydrogen (secondary N) is 1. The van der Waals surface area contributed by atoms with Crippen LogP contribution in [0.5, 0.6) is 0 Å². The molecule has 0 aliphatic heterocycles. The van der Waals surface area contributed by atoms with E-state index >= 15 is 0 Å². The molecule has 0 bridgehead atoms. The van der Waals surface area contributed by atoms with E-state index in [1.54, 1.807) is 0 Å². The molecule has 0 aliphatic rings. The van der Waals surface area contributed by atoms with E-state index in [1.165, 1.54) is 11.3 Å². The zero-order valence-electron chi connectivity index (χ0n) is 8.46. The van der Waals surface area contributed by atoms with Gasteiger partial charge in [0, 0.05) is 10.6 Å². The van der Waals surface area contributed by atoms with Gasteiger partial charge in [0.25, 0.3) is 0 Å². The van der Waals surface area contributed by atoms with Crippen LogP contribution in [0, 0.1) is 0 Å². The van der Waals surface area contributed by atoms with Gasteiger partial charge in [0.1, 0.15) is 0 Å². The number of hydrogen-bond acceptors (Lipinski definition) is 3. The third kappa shape index (κ3) is 2.41. The summed E-state index contributed by atoms with van der Waals surface area (Å²) in [4.78, 5) is 11.9. The lowest BCUT2D eigenvalue weighted by molar-refractivity contribution is -0.138.